The van der Waals surface area contributed by atoms with Crippen LogP contribution in [-0.2, 0) is 25.6 Å². The van der Waals surface area contributed by atoms with E-state index in [1.165, 1.54) is 31.7 Å². The van der Waals surface area contributed by atoms with Gasteiger partial charge < -0.3 is 26.3 Å². The minimum atomic E-state index is -5.21. The average Bonchev–Trinajstić information content (AvgIpc) is 3.19. The van der Waals surface area contributed by atoms with Crippen LogP contribution in [0, 0.1) is 22.7 Å². The molecule has 2 heterocycles. The smallest absolute Gasteiger partial charge is 0.368 e. The third-order valence-corrected chi connectivity index (χ3v) is 8.61. The fourth-order valence-electron chi connectivity index (χ4n) is 5.91. The minimum Gasteiger partial charge on any atom is -0.368 e. The average molecular weight is 612 g/mol. The molecule has 1 aromatic carbocycles. The molecule has 0 spiro atoms. The summed E-state index contributed by atoms with van der Waals surface area (Å²) < 4.78 is 39.2. The molecule has 5 N–H and O–H groups in total. The monoisotopic (exact) mass is 611 g/mol. The van der Waals surface area contributed by atoms with Crippen molar-refractivity contribution in [2.45, 2.75) is 65.3 Å². The fraction of sp³-hybridized carbons (Fsp3) is 0.536. The quantitative estimate of drug-likeness (QED) is 0.378. The molecule has 42 heavy (non-hydrogen) atoms. The highest BCUT2D eigenvalue weighted by atomic mass is 35.5. The van der Waals surface area contributed by atoms with Gasteiger partial charge in [-0.05, 0) is 52.3 Å². The van der Waals surface area contributed by atoms with Gasteiger partial charge in [0.15, 0.2) is 0 Å². The Balaban J connectivity index is 1.60. The Labute approximate surface area is 244 Å². The molecule has 2 fully saturated rings. The number of nitrogens with one attached hydrogen (secondary N) is 3. The van der Waals surface area contributed by atoms with Crippen LogP contribution in [0.2, 0.25) is 5.02 Å². The standard InChI is InChI=1S/C28H33ClF3N5O5/c1-26(2,3)20(36-25(42)28(30,31)32)24(41)37-11-15-18(27(15,4)5)19(37)23(40)35-17(21(33)38)10-13-8-12-9-14(29)6-7-16(12)34-22(13)39/h6-9,15,17-20H,10-11H2,1-5H3,(H2,33,38)(H,34,39)(H,35,40)(H,36,42)/t15-,17?,18-,19-,20+/m0/s1. The number of aromatic amines is 1. The molecular weight excluding hydrogens is 579 g/mol. The summed E-state index contributed by atoms with van der Waals surface area (Å²) in [5.41, 5.74) is 4.27. The minimum absolute atomic E-state index is 0.0788. The maximum Gasteiger partial charge on any atom is 0.471 e. The zero-order chi connectivity index (χ0) is 31.5. The second-order valence-corrected chi connectivity index (χ2v) is 13.1. The summed E-state index contributed by atoms with van der Waals surface area (Å²) in [5, 5.41) is 5.37. The van der Waals surface area contributed by atoms with Crippen molar-refractivity contribution in [3.05, 3.63) is 45.2 Å². The Morgan fingerprint density at radius 3 is 2.36 bits per heavy atom. The maximum absolute atomic E-state index is 13.7. The predicted octanol–water partition coefficient (Wildman–Crippen LogP) is 2.27. The molecule has 4 rings (SSSR count). The summed E-state index contributed by atoms with van der Waals surface area (Å²) in [6.45, 7) is 8.39. The van der Waals surface area contributed by atoms with Crippen LogP contribution in [0.5, 0.6) is 0 Å². The number of carbonyl (C=O) groups excluding carboxylic acids is 4. The highest BCUT2D eigenvalue weighted by Crippen LogP contribution is 2.65. The number of carbonyl (C=O) groups is 4. The number of alkyl halides is 3. The lowest BCUT2D eigenvalue weighted by atomic mass is 9.85. The van der Waals surface area contributed by atoms with Crippen LogP contribution < -0.4 is 21.9 Å². The van der Waals surface area contributed by atoms with Crippen LogP contribution in [0.4, 0.5) is 13.2 Å². The van der Waals surface area contributed by atoms with Gasteiger partial charge in [-0.25, -0.2) is 0 Å². The summed E-state index contributed by atoms with van der Waals surface area (Å²) in [4.78, 5) is 68.1. The number of nitrogens with two attached hydrogens (primary N) is 1. The topological polar surface area (TPSA) is 154 Å². The molecule has 1 unspecified atom stereocenters. The Hall–Kier alpha value is -3.61. The summed E-state index contributed by atoms with van der Waals surface area (Å²) in [5.74, 6) is -5.25. The molecule has 0 bridgehead atoms. The molecule has 1 aliphatic heterocycles. The molecule has 1 aromatic heterocycles. The van der Waals surface area contributed by atoms with Crippen molar-refractivity contribution in [2.24, 2.45) is 28.4 Å². The molecule has 2 aliphatic rings. The number of halogens is 4. The van der Waals surface area contributed by atoms with Crippen LogP contribution in [0.25, 0.3) is 10.9 Å². The fourth-order valence-corrected chi connectivity index (χ4v) is 6.10. The number of nitrogens with zero attached hydrogens (tertiary/aromatic N) is 1. The number of aromatic nitrogens is 1. The number of pyridine rings is 1. The van der Waals surface area contributed by atoms with Gasteiger partial charge in [0.25, 0.3) is 5.56 Å². The van der Waals surface area contributed by atoms with Crippen molar-refractivity contribution in [2.75, 3.05) is 6.54 Å². The number of hydrogen-bond acceptors (Lipinski definition) is 5. The maximum atomic E-state index is 13.7. The molecule has 10 nitrogen and oxygen atoms in total. The number of hydrogen-bond donors (Lipinski definition) is 4. The molecular formula is C28H33ClF3N5O5. The Morgan fingerprint density at radius 1 is 1.14 bits per heavy atom. The lowest BCUT2D eigenvalue weighted by Crippen LogP contribution is -2.61. The highest BCUT2D eigenvalue weighted by molar-refractivity contribution is 6.31. The summed E-state index contributed by atoms with van der Waals surface area (Å²) in [6.07, 6.45) is -5.47. The van der Waals surface area contributed by atoms with Crippen molar-refractivity contribution >= 4 is 46.1 Å². The lowest BCUT2D eigenvalue weighted by molar-refractivity contribution is -0.176. The number of likely N-dealkylation sites (tertiary alicyclic amines) is 1. The van der Waals surface area contributed by atoms with E-state index in [-0.39, 0.29) is 35.8 Å². The summed E-state index contributed by atoms with van der Waals surface area (Å²) in [7, 11) is 0. The SMILES string of the molecule is CC(C)(C)[C@H](NC(=O)C(F)(F)F)C(=O)N1C[C@H]2[C@@H]([C@H]1C(=O)NC(Cc1cc3cc(Cl)ccc3[nH]c1=O)C(N)=O)C2(C)C. The van der Waals surface area contributed by atoms with E-state index in [1.807, 2.05) is 13.8 Å². The normalized spacial score (nSPS) is 22.7. The molecule has 228 valence electrons. The highest BCUT2D eigenvalue weighted by Gasteiger charge is 2.70. The third-order valence-electron chi connectivity index (χ3n) is 8.37. The summed E-state index contributed by atoms with van der Waals surface area (Å²) in [6, 6.07) is 2.32. The van der Waals surface area contributed by atoms with Crippen molar-refractivity contribution in [3.63, 3.8) is 0 Å². The zero-order valence-electron chi connectivity index (χ0n) is 23.7. The van der Waals surface area contributed by atoms with E-state index in [4.69, 9.17) is 17.3 Å². The second kappa shape index (κ2) is 10.6. The largest absolute Gasteiger partial charge is 0.471 e. The molecule has 4 amide bonds. The Bertz CT molecular complexity index is 1520. The van der Waals surface area contributed by atoms with Gasteiger partial charge in [0.05, 0.1) is 0 Å². The Morgan fingerprint density at radius 2 is 1.79 bits per heavy atom. The van der Waals surface area contributed by atoms with Crippen LogP contribution in [0.15, 0.2) is 29.1 Å². The van der Waals surface area contributed by atoms with E-state index in [0.29, 0.717) is 15.9 Å². The lowest BCUT2D eigenvalue weighted by Gasteiger charge is -2.38. The van der Waals surface area contributed by atoms with Crippen molar-refractivity contribution in [1.29, 1.82) is 0 Å². The van der Waals surface area contributed by atoms with Crippen LogP contribution in [0.1, 0.15) is 40.2 Å². The third kappa shape index (κ3) is 5.97. The number of primary amides is 1. The van der Waals surface area contributed by atoms with Gasteiger partial charge in [0.1, 0.15) is 18.1 Å². The van der Waals surface area contributed by atoms with Gasteiger partial charge in [-0.1, -0.05) is 46.2 Å². The van der Waals surface area contributed by atoms with E-state index in [0.717, 1.165) is 0 Å². The number of piperidine rings is 1. The number of amides is 4. The molecule has 1 saturated carbocycles. The van der Waals surface area contributed by atoms with Gasteiger partial charge in [-0.2, -0.15) is 13.2 Å². The van der Waals surface area contributed by atoms with Crippen LogP contribution in [0.3, 0.4) is 0 Å². The van der Waals surface area contributed by atoms with Gasteiger partial charge in [-0.3, -0.25) is 24.0 Å². The van der Waals surface area contributed by atoms with E-state index in [2.05, 4.69) is 10.3 Å². The first-order valence-corrected chi connectivity index (χ1v) is 13.7. The Kier molecular flexibility index (Phi) is 7.90. The van der Waals surface area contributed by atoms with E-state index >= 15 is 0 Å². The van der Waals surface area contributed by atoms with Gasteiger partial charge in [-0.15, -0.1) is 0 Å². The van der Waals surface area contributed by atoms with Gasteiger partial charge >= 0.3 is 12.1 Å². The van der Waals surface area contributed by atoms with E-state index < -0.39 is 58.9 Å². The number of benzene rings is 1. The molecule has 1 aliphatic carbocycles. The first-order valence-electron chi connectivity index (χ1n) is 13.3. The molecule has 0 radical (unpaired) electrons. The number of H-pyrrole nitrogens is 1. The van der Waals surface area contributed by atoms with Gasteiger partial charge in [0, 0.05) is 29.1 Å². The zero-order valence-corrected chi connectivity index (χ0v) is 24.4. The first kappa shape index (κ1) is 31.3. The molecule has 1 saturated heterocycles. The predicted molar refractivity (Wildman–Crippen MR) is 148 cm³/mol. The van der Waals surface area contributed by atoms with E-state index in [9.17, 15) is 37.1 Å². The number of rotatable bonds is 7. The van der Waals surface area contributed by atoms with E-state index in [1.54, 1.807) is 23.5 Å². The number of fused-ring (bicyclic) bond motifs is 2. The van der Waals surface area contributed by atoms with Crippen LogP contribution >= 0.6 is 11.6 Å². The van der Waals surface area contributed by atoms with Crippen molar-refractivity contribution < 1.29 is 32.3 Å². The molecule has 2 aromatic rings. The molecule has 5 atom stereocenters. The van der Waals surface area contributed by atoms with Gasteiger partial charge in [0.2, 0.25) is 17.7 Å². The molecule has 14 heteroatoms. The summed E-state index contributed by atoms with van der Waals surface area (Å²) >= 11 is 6.05. The first-order chi connectivity index (χ1) is 19.2. The second-order valence-electron chi connectivity index (χ2n) is 12.7. The van der Waals surface area contributed by atoms with Crippen LogP contribution in [-0.4, -0.2) is 64.4 Å². The van der Waals surface area contributed by atoms with Crippen molar-refractivity contribution in [3.8, 4) is 0 Å². The van der Waals surface area contributed by atoms with Crippen molar-refractivity contribution in [1.82, 2.24) is 20.5 Å².